The molecule has 6 nitrogen and oxygen atoms in total. The van der Waals surface area contributed by atoms with E-state index in [1.54, 1.807) is 0 Å². The molecule has 35 heavy (non-hydrogen) atoms. The first-order valence-electron chi connectivity index (χ1n) is 11.8. The number of aryl methyl sites for hydroxylation is 1. The van der Waals surface area contributed by atoms with Crippen molar-refractivity contribution in [2.45, 2.75) is 65.3 Å². The number of nitrogens with zero attached hydrogens (tertiary/aromatic N) is 2. The molecule has 0 aliphatic heterocycles. The lowest BCUT2D eigenvalue weighted by Crippen LogP contribution is -2.29. The molecule has 1 saturated carbocycles. The summed E-state index contributed by atoms with van der Waals surface area (Å²) in [7, 11) is 0. The van der Waals surface area contributed by atoms with Gasteiger partial charge in [0.05, 0.1) is 11.0 Å². The molecule has 0 bridgehead atoms. The molecule has 3 N–H and O–H groups in total. The molecule has 0 unspecified atom stereocenters. The number of alkyl halides is 3. The number of ether oxygens (including phenoxy) is 1. The van der Waals surface area contributed by atoms with Gasteiger partial charge in [-0.1, -0.05) is 26.8 Å². The van der Waals surface area contributed by atoms with E-state index in [1.807, 2.05) is 18.2 Å². The van der Waals surface area contributed by atoms with Crippen LogP contribution in [0, 0.1) is 11.3 Å². The monoisotopic (exact) mass is 488 g/mol. The van der Waals surface area contributed by atoms with E-state index in [4.69, 9.17) is 10.7 Å². The van der Waals surface area contributed by atoms with E-state index in [0.29, 0.717) is 24.0 Å². The standard InChI is InChI=1S/C26H31F3N4O2/c1-16-12-19(15-25(2,3)14-16)33-22-10-4-17(5-11-23(30)34)13-21(22)32-24(33)31-18-6-8-20(9-7-18)35-26(27,28)29/h4,6-10,13,16,19H,5,11-12,14-15H2,1-3H3,(H2,30,34)(H,31,32)/t16-,19-/m0/s1. The third-order valence-electron chi connectivity index (χ3n) is 6.49. The van der Waals surface area contributed by atoms with Gasteiger partial charge in [0.1, 0.15) is 5.75 Å². The number of primary amides is 1. The second kappa shape index (κ2) is 9.43. The largest absolute Gasteiger partial charge is 0.573 e. The Morgan fingerprint density at radius 1 is 1.20 bits per heavy atom. The average Bonchev–Trinajstić information content (AvgIpc) is 3.08. The van der Waals surface area contributed by atoms with Gasteiger partial charge in [0.2, 0.25) is 11.9 Å². The van der Waals surface area contributed by atoms with Crippen molar-refractivity contribution in [1.29, 1.82) is 0 Å². The fourth-order valence-electron chi connectivity index (χ4n) is 5.39. The molecule has 1 aliphatic rings. The minimum atomic E-state index is -4.74. The number of amides is 1. The summed E-state index contributed by atoms with van der Waals surface area (Å²) >= 11 is 0. The zero-order chi connectivity index (χ0) is 25.4. The number of rotatable bonds is 7. The highest BCUT2D eigenvalue weighted by Crippen LogP contribution is 2.46. The minimum absolute atomic E-state index is 0.175. The molecule has 1 heterocycles. The van der Waals surface area contributed by atoms with E-state index in [9.17, 15) is 18.0 Å². The number of anilines is 2. The molecule has 1 amide bonds. The first-order chi connectivity index (χ1) is 16.4. The summed E-state index contributed by atoms with van der Waals surface area (Å²) in [5, 5.41) is 3.30. The van der Waals surface area contributed by atoms with Crippen molar-refractivity contribution in [3.63, 3.8) is 0 Å². The minimum Gasteiger partial charge on any atom is -0.406 e. The smallest absolute Gasteiger partial charge is 0.406 e. The Bertz CT molecular complexity index is 1200. The van der Waals surface area contributed by atoms with Crippen LogP contribution < -0.4 is 15.8 Å². The predicted octanol–water partition coefficient (Wildman–Crippen LogP) is 6.48. The average molecular weight is 489 g/mol. The van der Waals surface area contributed by atoms with Crippen LogP contribution in [0.2, 0.25) is 0 Å². The number of aromatic nitrogens is 2. The van der Waals surface area contributed by atoms with E-state index in [-0.39, 0.29) is 29.5 Å². The lowest BCUT2D eigenvalue weighted by atomic mass is 9.70. The lowest BCUT2D eigenvalue weighted by molar-refractivity contribution is -0.274. The highest BCUT2D eigenvalue weighted by molar-refractivity contribution is 5.81. The molecule has 0 saturated heterocycles. The molecule has 4 rings (SSSR count). The van der Waals surface area contributed by atoms with Crippen molar-refractivity contribution < 1.29 is 22.7 Å². The molecule has 2 atom stereocenters. The topological polar surface area (TPSA) is 82.2 Å². The Morgan fingerprint density at radius 3 is 2.54 bits per heavy atom. The van der Waals surface area contributed by atoms with Gasteiger partial charge in [-0.15, -0.1) is 13.2 Å². The van der Waals surface area contributed by atoms with Crippen molar-refractivity contribution in [3.8, 4) is 5.75 Å². The van der Waals surface area contributed by atoms with Gasteiger partial charge in [-0.3, -0.25) is 4.79 Å². The Labute approximate surface area is 202 Å². The van der Waals surface area contributed by atoms with Crippen LogP contribution in [0.1, 0.15) is 58.1 Å². The molecule has 188 valence electrons. The number of carbonyl (C=O) groups excluding carboxylic acids is 1. The first-order valence-corrected chi connectivity index (χ1v) is 11.8. The van der Waals surface area contributed by atoms with E-state index < -0.39 is 6.36 Å². The number of imidazole rings is 1. The van der Waals surface area contributed by atoms with Crippen LogP contribution in [-0.2, 0) is 11.2 Å². The molecule has 2 aromatic carbocycles. The summed E-state index contributed by atoms with van der Waals surface area (Å²) in [6.45, 7) is 6.83. The third-order valence-corrected chi connectivity index (χ3v) is 6.49. The van der Waals surface area contributed by atoms with Crippen molar-refractivity contribution in [2.24, 2.45) is 17.1 Å². The number of carbonyl (C=O) groups is 1. The van der Waals surface area contributed by atoms with E-state index in [2.05, 4.69) is 35.4 Å². The van der Waals surface area contributed by atoms with Crippen LogP contribution in [0.15, 0.2) is 42.5 Å². The number of hydrogen-bond acceptors (Lipinski definition) is 4. The number of nitrogens with two attached hydrogens (primary N) is 1. The second-order valence-electron chi connectivity index (χ2n) is 10.4. The molecular weight excluding hydrogens is 457 g/mol. The fraction of sp³-hybridized carbons (Fsp3) is 0.462. The summed E-state index contributed by atoms with van der Waals surface area (Å²) in [5.41, 5.74) is 8.83. The quantitative estimate of drug-likeness (QED) is 0.399. The van der Waals surface area contributed by atoms with Crippen LogP contribution >= 0.6 is 0 Å². The van der Waals surface area contributed by atoms with E-state index in [0.717, 1.165) is 35.9 Å². The zero-order valence-corrected chi connectivity index (χ0v) is 20.2. The SMILES string of the molecule is C[C@H]1C[C@H](n2c(Nc3ccc(OC(F)(F)F)cc3)nc3cc(CCC(N)=O)ccc32)CC(C)(C)C1. The molecule has 0 spiro atoms. The fourth-order valence-corrected chi connectivity index (χ4v) is 5.39. The maximum absolute atomic E-state index is 12.5. The van der Waals surface area contributed by atoms with Crippen LogP contribution in [0.25, 0.3) is 11.0 Å². The van der Waals surface area contributed by atoms with Gasteiger partial charge in [-0.25, -0.2) is 4.98 Å². The first kappa shape index (κ1) is 24.9. The van der Waals surface area contributed by atoms with Gasteiger partial charge in [0.25, 0.3) is 0 Å². The summed E-state index contributed by atoms with van der Waals surface area (Å²) < 4.78 is 43.7. The highest BCUT2D eigenvalue weighted by atomic mass is 19.4. The van der Waals surface area contributed by atoms with Gasteiger partial charge >= 0.3 is 6.36 Å². The van der Waals surface area contributed by atoms with E-state index in [1.165, 1.54) is 24.3 Å². The number of halogens is 3. The van der Waals surface area contributed by atoms with Gasteiger partial charge in [-0.05, 0) is 79.0 Å². The van der Waals surface area contributed by atoms with Crippen molar-refractivity contribution in [1.82, 2.24) is 9.55 Å². The van der Waals surface area contributed by atoms with Crippen molar-refractivity contribution in [2.75, 3.05) is 5.32 Å². The molecule has 0 radical (unpaired) electrons. The predicted molar refractivity (Wildman–Crippen MR) is 129 cm³/mol. The van der Waals surface area contributed by atoms with E-state index >= 15 is 0 Å². The normalized spacial score (nSPS) is 20.1. The molecule has 9 heteroatoms. The number of benzene rings is 2. The molecule has 1 fully saturated rings. The highest BCUT2D eigenvalue weighted by Gasteiger charge is 2.35. The molecule has 1 aliphatic carbocycles. The summed E-state index contributed by atoms with van der Waals surface area (Å²) in [5.74, 6) is 0.544. The van der Waals surface area contributed by atoms with Crippen molar-refractivity contribution >= 4 is 28.6 Å². The maximum atomic E-state index is 12.5. The van der Waals surface area contributed by atoms with Crippen LogP contribution in [0.5, 0.6) is 5.75 Å². The summed E-state index contributed by atoms with van der Waals surface area (Å²) in [4.78, 5) is 16.1. The van der Waals surface area contributed by atoms with Crippen LogP contribution in [-0.4, -0.2) is 21.8 Å². The Kier molecular flexibility index (Phi) is 6.71. The van der Waals surface area contributed by atoms with Gasteiger partial charge in [-0.2, -0.15) is 0 Å². The number of hydrogen-bond donors (Lipinski definition) is 2. The lowest BCUT2D eigenvalue weighted by Gasteiger charge is -2.40. The molecule has 1 aromatic heterocycles. The third kappa shape index (κ3) is 6.26. The molecular formula is C26H31F3N4O2. The van der Waals surface area contributed by atoms with Gasteiger partial charge in [0, 0.05) is 18.2 Å². The van der Waals surface area contributed by atoms with Crippen LogP contribution in [0.3, 0.4) is 0 Å². The Morgan fingerprint density at radius 2 is 1.91 bits per heavy atom. The van der Waals surface area contributed by atoms with Crippen molar-refractivity contribution in [3.05, 3.63) is 48.0 Å². The zero-order valence-electron chi connectivity index (χ0n) is 20.2. The Hall–Kier alpha value is -3.23. The second-order valence-corrected chi connectivity index (χ2v) is 10.4. The number of fused-ring (bicyclic) bond motifs is 1. The van der Waals surface area contributed by atoms with Gasteiger partial charge in [0.15, 0.2) is 0 Å². The summed E-state index contributed by atoms with van der Waals surface area (Å²) in [6.07, 6.45) is -0.797. The molecule has 3 aromatic rings. The summed E-state index contributed by atoms with van der Waals surface area (Å²) in [6, 6.07) is 11.8. The maximum Gasteiger partial charge on any atom is 0.573 e. The Balaban J connectivity index is 1.70. The van der Waals surface area contributed by atoms with Crippen LogP contribution in [0.4, 0.5) is 24.8 Å². The van der Waals surface area contributed by atoms with Gasteiger partial charge < -0.3 is 20.4 Å². The number of nitrogens with one attached hydrogen (secondary N) is 1.